The van der Waals surface area contributed by atoms with Crippen molar-refractivity contribution in [2.75, 3.05) is 0 Å². The molecular weight excluding hydrogens is 623 g/mol. The van der Waals surface area contributed by atoms with Crippen molar-refractivity contribution in [3.8, 4) is 73.6 Å². The second-order valence-corrected chi connectivity index (χ2v) is 12.9. The molecule has 5 nitrogen and oxygen atoms in total. The maximum atomic E-state index is 9.42. The maximum Gasteiger partial charge on any atom is 0.164 e. The molecule has 10 rings (SSSR count). The molecule has 0 bridgehead atoms. The Morgan fingerprint density at radius 3 is 1.35 bits per heavy atom. The molecule has 2 aromatic heterocycles. The third-order valence-corrected chi connectivity index (χ3v) is 10.3. The quantitative estimate of drug-likeness (QED) is 0.190. The highest BCUT2D eigenvalue weighted by Gasteiger charge is 2.49. The second-order valence-electron chi connectivity index (χ2n) is 12.9. The Balaban J connectivity index is 1.28. The predicted octanol–water partition coefficient (Wildman–Crippen LogP) is 10.1. The van der Waals surface area contributed by atoms with E-state index in [1.165, 1.54) is 44.5 Å². The molecular formula is C46H27N5. The van der Waals surface area contributed by atoms with E-state index in [1.54, 1.807) is 24.5 Å². The van der Waals surface area contributed by atoms with E-state index in [0.29, 0.717) is 23.0 Å². The van der Waals surface area contributed by atoms with Crippen LogP contribution in [0.3, 0.4) is 0 Å². The molecule has 0 atom stereocenters. The molecule has 0 fully saturated rings. The van der Waals surface area contributed by atoms with Gasteiger partial charge in [0.1, 0.15) is 0 Å². The first-order valence-corrected chi connectivity index (χ1v) is 16.9. The summed E-state index contributed by atoms with van der Waals surface area (Å²) in [6.07, 6.45) is 3.49. The van der Waals surface area contributed by atoms with E-state index >= 15 is 0 Å². The zero-order chi connectivity index (χ0) is 33.9. The summed E-state index contributed by atoms with van der Waals surface area (Å²) in [5.41, 5.74) is 14.9. The highest BCUT2D eigenvalue weighted by Crippen LogP contribution is 2.61. The molecule has 0 saturated carbocycles. The summed E-state index contributed by atoms with van der Waals surface area (Å²) in [4.78, 5) is 19.2. The molecule has 2 aliphatic rings. The minimum Gasteiger partial charge on any atom is -0.265 e. The van der Waals surface area contributed by atoms with Gasteiger partial charge in [0.25, 0.3) is 0 Å². The fourth-order valence-electron chi connectivity index (χ4n) is 8.15. The Bertz CT molecular complexity index is 2660. The van der Waals surface area contributed by atoms with Crippen LogP contribution < -0.4 is 0 Å². The molecule has 8 aromatic rings. The van der Waals surface area contributed by atoms with Gasteiger partial charge in [0.2, 0.25) is 0 Å². The van der Waals surface area contributed by atoms with Crippen LogP contribution in [0.4, 0.5) is 0 Å². The van der Waals surface area contributed by atoms with Crippen LogP contribution in [0.15, 0.2) is 164 Å². The summed E-state index contributed by atoms with van der Waals surface area (Å²) in [6.45, 7) is 0. The molecule has 2 heterocycles. The SMILES string of the molecule is N#Cc1ccc(-c2nc(-c3ccncc3)nc(-c3ccc4c(c3)-c3ccccc3-c3ccccc3C43c4ccccc4-c4ccccc43)n2)cc1. The Kier molecular flexibility index (Phi) is 6.39. The average Bonchev–Trinajstić information content (AvgIpc) is 3.46. The molecule has 2 aliphatic carbocycles. The van der Waals surface area contributed by atoms with Gasteiger partial charge in [0.05, 0.1) is 17.0 Å². The van der Waals surface area contributed by atoms with Crippen LogP contribution in [0.5, 0.6) is 0 Å². The Morgan fingerprint density at radius 1 is 0.392 bits per heavy atom. The monoisotopic (exact) mass is 649 g/mol. The van der Waals surface area contributed by atoms with Gasteiger partial charge >= 0.3 is 0 Å². The van der Waals surface area contributed by atoms with Gasteiger partial charge in [0, 0.05) is 29.1 Å². The number of nitrogens with zero attached hydrogens (tertiary/aromatic N) is 5. The summed E-state index contributed by atoms with van der Waals surface area (Å²) in [5, 5.41) is 9.42. The fourth-order valence-corrected chi connectivity index (χ4v) is 8.15. The van der Waals surface area contributed by atoms with E-state index in [1.807, 2.05) is 24.3 Å². The smallest absolute Gasteiger partial charge is 0.164 e. The molecule has 0 radical (unpaired) electrons. The van der Waals surface area contributed by atoms with Crippen molar-refractivity contribution in [2.45, 2.75) is 5.41 Å². The number of aromatic nitrogens is 4. The summed E-state index contributed by atoms with van der Waals surface area (Å²) in [7, 11) is 0. The number of rotatable bonds is 3. The lowest BCUT2D eigenvalue weighted by atomic mass is 9.66. The van der Waals surface area contributed by atoms with Gasteiger partial charge in [-0.05, 0) is 98.1 Å². The number of nitriles is 1. The number of pyridine rings is 1. The van der Waals surface area contributed by atoms with Crippen molar-refractivity contribution in [2.24, 2.45) is 0 Å². The number of benzene rings is 6. The number of fused-ring (bicyclic) bond motifs is 12. The highest BCUT2D eigenvalue weighted by atomic mass is 15.0. The summed E-state index contributed by atoms with van der Waals surface area (Å²) in [6, 6.07) is 55.4. The van der Waals surface area contributed by atoms with Gasteiger partial charge in [-0.2, -0.15) is 5.26 Å². The van der Waals surface area contributed by atoms with Gasteiger partial charge in [-0.15, -0.1) is 0 Å². The third-order valence-electron chi connectivity index (χ3n) is 10.3. The lowest BCUT2D eigenvalue weighted by molar-refractivity contribution is 0.775. The molecule has 51 heavy (non-hydrogen) atoms. The van der Waals surface area contributed by atoms with Crippen LogP contribution in [-0.2, 0) is 5.41 Å². The van der Waals surface area contributed by atoms with Gasteiger partial charge in [-0.25, -0.2) is 15.0 Å². The van der Waals surface area contributed by atoms with Gasteiger partial charge in [0.15, 0.2) is 17.5 Å². The van der Waals surface area contributed by atoms with E-state index in [4.69, 9.17) is 15.0 Å². The van der Waals surface area contributed by atoms with Gasteiger partial charge in [-0.1, -0.05) is 109 Å². The first-order chi connectivity index (χ1) is 25.2. The third kappa shape index (κ3) is 4.27. The Hall–Kier alpha value is -7.03. The molecule has 5 heteroatoms. The van der Waals surface area contributed by atoms with Crippen LogP contribution >= 0.6 is 0 Å². The zero-order valence-electron chi connectivity index (χ0n) is 27.3. The normalized spacial score (nSPS) is 12.8. The van der Waals surface area contributed by atoms with E-state index in [-0.39, 0.29) is 0 Å². The summed E-state index contributed by atoms with van der Waals surface area (Å²) < 4.78 is 0. The Morgan fingerprint density at radius 2 is 0.804 bits per heavy atom. The van der Waals surface area contributed by atoms with Crippen LogP contribution in [-0.4, -0.2) is 19.9 Å². The van der Waals surface area contributed by atoms with E-state index in [9.17, 15) is 5.26 Å². The molecule has 236 valence electrons. The van der Waals surface area contributed by atoms with Crippen molar-refractivity contribution in [3.05, 3.63) is 192 Å². The topological polar surface area (TPSA) is 75.3 Å². The fraction of sp³-hybridized carbons (Fsp3) is 0.0217. The minimum absolute atomic E-state index is 0.536. The van der Waals surface area contributed by atoms with E-state index in [2.05, 4.69) is 126 Å². The lowest BCUT2D eigenvalue weighted by Crippen LogP contribution is -2.29. The number of hydrogen-bond acceptors (Lipinski definition) is 5. The highest BCUT2D eigenvalue weighted by molar-refractivity contribution is 5.97. The van der Waals surface area contributed by atoms with Crippen molar-refractivity contribution in [1.29, 1.82) is 5.26 Å². The summed E-state index contributed by atoms with van der Waals surface area (Å²) >= 11 is 0. The zero-order valence-corrected chi connectivity index (χ0v) is 27.3. The molecule has 0 aliphatic heterocycles. The molecule has 0 amide bonds. The molecule has 0 saturated heterocycles. The van der Waals surface area contributed by atoms with Crippen molar-refractivity contribution >= 4 is 0 Å². The van der Waals surface area contributed by atoms with Gasteiger partial charge in [-0.3, -0.25) is 4.98 Å². The maximum absolute atomic E-state index is 9.42. The predicted molar refractivity (Wildman–Crippen MR) is 200 cm³/mol. The minimum atomic E-state index is -0.550. The molecule has 6 aromatic carbocycles. The lowest BCUT2D eigenvalue weighted by Gasteiger charge is -2.35. The van der Waals surface area contributed by atoms with Crippen molar-refractivity contribution < 1.29 is 0 Å². The largest absolute Gasteiger partial charge is 0.265 e. The van der Waals surface area contributed by atoms with E-state index < -0.39 is 5.41 Å². The Labute approximate surface area is 295 Å². The van der Waals surface area contributed by atoms with Crippen LogP contribution in [0.25, 0.3) is 67.5 Å². The first-order valence-electron chi connectivity index (χ1n) is 16.9. The first kappa shape index (κ1) is 28.9. The molecule has 0 N–H and O–H groups in total. The number of hydrogen-bond donors (Lipinski definition) is 0. The second kappa shape index (κ2) is 11.3. The standard InChI is InChI=1S/C46H27N5/c47-28-29-17-19-30(20-18-29)43-49-44(31-23-25-48-26-24-31)51-45(50-43)32-21-22-42-38(27-32)34-10-2-1-9-33(34)35-11-3-6-14-39(35)46(42)40-15-7-4-12-36(40)37-13-5-8-16-41(37)46/h1-27H. The van der Waals surface area contributed by atoms with Crippen LogP contribution in [0, 0.1) is 11.3 Å². The van der Waals surface area contributed by atoms with Crippen molar-refractivity contribution in [3.63, 3.8) is 0 Å². The average molecular weight is 650 g/mol. The van der Waals surface area contributed by atoms with Crippen molar-refractivity contribution in [1.82, 2.24) is 19.9 Å². The molecule has 0 unspecified atom stereocenters. The van der Waals surface area contributed by atoms with Crippen LogP contribution in [0.1, 0.15) is 27.8 Å². The molecule has 1 spiro atoms. The van der Waals surface area contributed by atoms with Gasteiger partial charge < -0.3 is 0 Å². The summed E-state index contributed by atoms with van der Waals surface area (Å²) in [5.74, 6) is 1.66. The van der Waals surface area contributed by atoms with E-state index in [0.717, 1.165) is 27.8 Å². The van der Waals surface area contributed by atoms with Crippen LogP contribution in [0.2, 0.25) is 0 Å².